The molecule has 0 spiro atoms. The van der Waals surface area contributed by atoms with Crippen LogP contribution in [0.3, 0.4) is 0 Å². The molecule has 0 aliphatic heterocycles. The third-order valence-corrected chi connectivity index (χ3v) is 7.00. The summed E-state index contributed by atoms with van der Waals surface area (Å²) >= 11 is 0. The molecule has 0 saturated heterocycles. The minimum atomic E-state index is -5.29. The van der Waals surface area contributed by atoms with Gasteiger partial charge in [-0.05, 0) is 56.1 Å². The second kappa shape index (κ2) is 12.0. The predicted molar refractivity (Wildman–Crippen MR) is 141 cm³/mol. The van der Waals surface area contributed by atoms with E-state index in [9.17, 15) is 27.6 Å². The molecule has 2 aromatic carbocycles. The van der Waals surface area contributed by atoms with E-state index < -0.39 is 18.1 Å². The average molecular weight is 544 g/mol. The highest BCUT2D eigenvalue weighted by molar-refractivity contribution is 6.02. The SMILES string of the molecule is CN(C)CCNC(=O)Cn1c(-c2ccccc2)c(C2CCCCC2)c2ccc(C(=O)OC(=O)C(F)(F)F)cc21. The van der Waals surface area contributed by atoms with Crippen molar-refractivity contribution < 1.29 is 32.3 Å². The summed E-state index contributed by atoms with van der Waals surface area (Å²) in [5, 5.41) is 3.73. The highest BCUT2D eigenvalue weighted by Gasteiger charge is 2.42. The molecule has 1 heterocycles. The van der Waals surface area contributed by atoms with Gasteiger partial charge in [0.2, 0.25) is 5.91 Å². The summed E-state index contributed by atoms with van der Waals surface area (Å²) in [7, 11) is 3.80. The molecule has 0 atom stereocenters. The Morgan fingerprint density at radius 2 is 1.72 bits per heavy atom. The number of halogens is 3. The Morgan fingerprint density at radius 1 is 1.03 bits per heavy atom. The van der Waals surface area contributed by atoms with E-state index in [0.717, 1.165) is 54.3 Å². The van der Waals surface area contributed by atoms with Gasteiger partial charge in [-0.25, -0.2) is 9.59 Å². The zero-order chi connectivity index (χ0) is 28.2. The number of amides is 1. The van der Waals surface area contributed by atoms with Crippen LogP contribution < -0.4 is 5.32 Å². The number of carbonyl (C=O) groups excluding carboxylic acids is 3. The molecule has 0 bridgehead atoms. The first-order valence-electron chi connectivity index (χ1n) is 13.0. The lowest BCUT2D eigenvalue weighted by molar-refractivity contribution is -0.193. The number of alkyl halides is 3. The fraction of sp³-hybridized carbons (Fsp3) is 0.414. The quantitative estimate of drug-likeness (QED) is 0.309. The van der Waals surface area contributed by atoms with Crippen LogP contribution in [0.2, 0.25) is 0 Å². The predicted octanol–water partition coefficient (Wildman–Crippen LogP) is 5.28. The van der Waals surface area contributed by atoms with Crippen molar-refractivity contribution in [1.82, 2.24) is 14.8 Å². The van der Waals surface area contributed by atoms with Gasteiger partial charge in [0.05, 0.1) is 16.8 Å². The number of benzene rings is 2. The van der Waals surface area contributed by atoms with Crippen LogP contribution in [0.1, 0.15) is 53.9 Å². The van der Waals surface area contributed by atoms with Crippen molar-refractivity contribution >= 4 is 28.7 Å². The molecule has 1 fully saturated rings. The Balaban J connectivity index is 1.84. The van der Waals surface area contributed by atoms with Crippen molar-refractivity contribution in [3.63, 3.8) is 0 Å². The van der Waals surface area contributed by atoms with Crippen LogP contribution in [-0.2, 0) is 20.9 Å². The summed E-state index contributed by atoms with van der Waals surface area (Å²) < 4.78 is 44.0. The number of carbonyl (C=O) groups is 3. The van der Waals surface area contributed by atoms with Gasteiger partial charge in [-0.15, -0.1) is 0 Å². The molecule has 1 amide bonds. The van der Waals surface area contributed by atoms with E-state index in [4.69, 9.17) is 0 Å². The minimum absolute atomic E-state index is 0.0547. The number of rotatable bonds is 8. The number of hydrogen-bond donors (Lipinski definition) is 1. The Bertz CT molecular complexity index is 1340. The fourth-order valence-electron chi connectivity index (χ4n) is 5.20. The van der Waals surface area contributed by atoms with Crippen LogP contribution >= 0.6 is 0 Å². The van der Waals surface area contributed by atoms with Gasteiger partial charge in [0.15, 0.2) is 0 Å². The third-order valence-electron chi connectivity index (χ3n) is 7.00. The first-order chi connectivity index (χ1) is 18.6. The van der Waals surface area contributed by atoms with Gasteiger partial charge >= 0.3 is 18.1 Å². The summed E-state index contributed by atoms with van der Waals surface area (Å²) in [6.45, 7) is 1.04. The largest absolute Gasteiger partial charge is 0.491 e. The van der Waals surface area contributed by atoms with E-state index in [0.29, 0.717) is 18.6 Å². The lowest BCUT2D eigenvalue weighted by Crippen LogP contribution is -2.33. The molecule has 4 rings (SSSR count). The standard InChI is InChI=1S/C29H32F3N3O4/c1-34(2)16-15-33-24(36)18-35-23-17-21(27(37)39-28(38)29(30,31)32)13-14-22(23)25(19-9-5-3-6-10-19)26(35)20-11-7-4-8-12-20/h4,7-8,11-14,17,19H,3,5-6,9-10,15-16,18H2,1-2H3,(H,33,36). The van der Waals surface area contributed by atoms with Gasteiger partial charge in [0.1, 0.15) is 6.54 Å². The van der Waals surface area contributed by atoms with Gasteiger partial charge in [-0.1, -0.05) is 55.7 Å². The van der Waals surface area contributed by atoms with Gasteiger partial charge in [-0.2, -0.15) is 13.2 Å². The minimum Gasteiger partial charge on any atom is -0.383 e. The maximum atomic E-state index is 13.1. The molecule has 10 heteroatoms. The second-order valence-electron chi connectivity index (χ2n) is 10.1. The van der Waals surface area contributed by atoms with Gasteiger partial charge < -0.3 is 19.5 Å². The average Bonchev–Trinajstić information content (AvgIpc) is 3.22. The molecular weight excluding hydrogens is 511 g/mol. The van der Waals surface area contributed by atoms with Crippen molar-refractivity contribution in [2.75, 3.05) is 27.2 Å². The van der Waals surface area contributed by atoms with Crippen LogP contribution in [0.4, 0.5) is 13.2 Å². The van der Waals surface area contributed by atoms with Crippen LogP contribution in [0, 0.1) is 0 Å². The number of nitrogens with zero attached hydrogens (tertiary/aromatic N) is 2. The number of esters is 2. The smallest absolute Gasteiger partial charge is 0.383 e. The third kappa shape index (κ3) is 6.68. The highest BCUT2D eigenvalue weighted by Crippen LogP contribution is 2.44. The number of hydrogen-bond acceptors (Lipinski definition) is 5. The maximum Gasteiger partial charge on any atom is 0.491 e. The molecule has 1 aliphatic rings. The van der Waals surface area contributed by atoms with Crippen LogP contribution in [0.25, 0.3) is 22.2 Å². The van der Waals surface area contributed by atoms with E-state index >= 15 is 0 Å². The molecule has 7 nitrogen and oxygen atoms in total. The van der Waals surface area contributed by atoms with Crippen molar-refractivity contribution in [2.24, 2.45) is 0 Å². The Morgan fingerprint density at radius 3 is 2.36 bits per heavy atom. The lowest BCUT2D eigenvalue weighted by atomic mass is 9.82. The summed E-state index contributed by atoms with van der Waals surface area (Å²) in [6.07, 6.45) is -0.0661. The lowest BCUT2D eigenvalue weighted by Gasteiger charge is -2.23. The first kappa shape index (κ1) is 28.4. The van der Waals surface area contributed by atoms with E-state index in [-0.39, 0.29) is 23.9 Å². The number of fused-ring (bicyclic) bond motifs is 1. The molecule has 1 saturated carbocycles. The Hall–Kier alpha value is -3.66. The molecule has 39 heavy (non-hydrogen) atoms. The molecule has 1 aliphatic carbocycles. The van der Waals surface area contributed by atoms with Crippen molar-refractivity contribution in [3.8, 4) is 11.3 Å². The molecule has 0 radical (unpaired) electrons. The number of nitrogens with one attached hydrogen (secondary N) is 1. The summed E-state index contributed by atoms with van der Waals surface area (Å²) in [4.78, 5) is 38.8. The fourth-order valence-corrected chi connectivity index (χ4v) is 5.20. The zero-order valence-corrected chi connectivity index (χ0v) is 22.0. The Labute approximate surface area is 224 Å². The van der Waals surface area contributed by atoms with E-state index in [2.05, 4.69) is 10.1 Å². The summed E-state index contributed by atoms with van der Waals surface area (Å²) in [5.74, 6) is -3.99. The highest BCUT2D eigenvalue weighted by atomic mass is 19.4. The maximum absolute atomic E-state index is 13.1. The van der Waals surface area contributed by atoms with Crippen molar-refractivity contribution in [3.05, 3.63) is 59.7 Å². The molecule has 1 aromatic heterocycles. The summed E-state index contributed by atoms with van der Waals surface area (Å²) in [5.41, 5.74) is 3.11. The molecular formula is C29H32F3N3O4. The van der Waals surface area contributed by atoms with Gasteiger partial charge in [0.25, 0.3) is 0 Å². The molecule has 1 N–H and O–H groups in total. The van der Waals surface area contributed by atoms with Crippen LogP contribution in [-0.4, -0.2) is 60.7 Å². The van der Waals surface area contributed by atoms with E-state index in [1.165, 1.54) is 12.1 Å². The van der Waals surface area contributed by atoms with Gasteiger partial charge in [-0.3, -0.25) is 4.79 Å². The molecule has 3 aromatic rings. The number of likely N-dealkylation sites (N-methyl/N-ethyl adjacent to an activating group) is 1. The summed E-state index contributed by atoms with van der Waals surface area (Å²) in [6, 6.07) is 14.1. The first-order valence-corrected chi connectivity index (χ1v) is 13.0. The van der Waals surface area contributed by atoms with E-state index in [1.807, 2.05) is 53.9 Å². The Kier molecular flexibility index (Phi) is 8.74. The van der Waals surface area contributed by atoms with Gasteiger partial charge in [0, 0.05) is 18.5 Å². The normalized spacial score (nSPS) is 14.5. The molecule has 0 unspecified atom stereocenters. The van der Waals surface area contributed by atoms with E-state index in [1.54, 1.807) is 6.07 Å². The monoisotopic (exact) mass is 543 g/mol. The molecule has 208 valence electrons. The topological polar surface area (TPSA) is 80.6 Å². The van der Waals surface area contributed by atoms with Crippen LogP contribution in [0.15, 0.2) is 48.5 Å². The second-order valence-corrected chi connectivity index (χ2v) is 10.1. The number of ether oxygens (including phenoxy) is 1. The van der Waals surface area contributed by atoms with Crippen molar-refractivity contribution in [1.29, 1.82) is 0 Å². The zero-order valence-electron chi connectivity index (χ0n) is 22.0. The van der Waals surface area contributed by atoms with Crippen molar-refractivity contribution in [2.45, 2.75) is 50.7 Å². The number of aromatic nitrogens is 1. The van der Waals surface area contributed by atoms with Crippen LogP contribution in [0.5, 0.6) is 0 Å².